The largest absolute Gasteiger partial charge is 0.507 e. The zero-order chi connectivity index (χ0) is 17.5. The lowest BCUT2D eigenvalue weighted by atomic mass is 10.0. The van der Waals surface area contributed by atoms with Crippen LogP contribution in [0.1, 0.15) is 11.1 Å². The van der Waals surface area contributed by atoms with Crippen molar-refractivity contribution in [1.29, 1.82) is 0 Å². The Morgan fingerprint density at radius 2 is 1.68 bits per heavy atom. The average molecular weight is 333 g/mol. The van der Waals surface area contributed by atoms with Crippen LogP contribution in [0.15, 0.2) is 72.8 Å². The van der Waals surface area contributed by atoms with Crippen LogP contribution in [0.5, 0.6) is 5.75 Å². The van der Waals surface area contributed by atoms with Crippen molar-refractivity contribution in [2.75, 3.05) is 6.54 Å². The van der Waals surface area contributed by atoms with Crippen molar-refractivity contribution in [2.24, 2.45) is 0 Å². The molecule has 0 spiro atoms. The van der Waals surface area contributed by atoms with Gasteiger partial charge in [-0.15, -0.1) is 0 Å². The second-order valence-corrected chi connectivity index (χ2v) is 5.56. The van der Waals surface area contributed by atoms with E-state index in [0.29, 0.717) is 6.54 Å². The second kappa shape index (κ2) is 8.02. The van der Waals surface area contributed by atoms with Crippen molar-refractivity contribution in [2.45, 2.75) is 6.61 Å². The first kappa shape index (κ1) is 16.6. The average Bonchev–Trinajstić information content (AvgIpc) is 2.66. The highest BCUT2D eigenvalue weighted by atomic mass is 16.5. The maximum atomic E-state index is 11.7. The summed E-state index contributed by atoms with van der Waals surface area (Å²) in [6.07, 6.45) is 3.31. The molecule has 0 unspecified atom stereocenters. The molecule has 0 radical (unpaired) electrons. The van der Waals surface area contributed by atoms with E-state index >= 15 is 0 Å². The van der Waals surface area contributed by atoms with Crippen LogP contribution in [0.4, 0.5) is 4.79 Å². The van der Waals surface area contributed by atoms with Crippen LogP contribution < -0.4 is 5.32 Å². The molecule has 0 aliphatic heterocycles. The SMILES string of the molecule is O=C(NCC=Cc1ccc(O)c2ccccc12)OCc1ccccc1. The molecule has 3 rings (SSSR count). The summed E-state index contributed by atoms with van der Waals surface area (Å²) in [6, 6.07) is 20.7. The molecule has 0 saturated heterocycles. The Bertz CT molecular complexity index is 888. The highest BCUT2D eigenvalue weighted by molar-refractivity contribution is 5.94. The third-order valence-electron chi connectivity index (χ3n) is 3.81. The Hall–Kier alpha value is -3.27. The zero-order valence-electron chi connectivity index (χ0n) is 13.7. The van der Waals surface area contributed by atoms with Gasteiger partial charge in [-0.3, -0.25) is 0 Å². The molecule has 25 heavy (non-hydrogen) atoms. The van der Waals surface area contributed by atoms with Crippen LogP contribution in [0.25, 0.3) is 16.8 Å². The maximum absolute atomic E-state index is 11.7. The molecule has 3 aromatic rings. The molecule has 3 aromatic carbocycles. The summed E-state index contributed by atoms with van der Waals surface area (Å²) in [6.45, 7) is 0.613. The fourth-order valence-electron chi connectivity index (χ4n) is 2.55. The molecule has 0 heterocycles. The third-order valence-corrected chi connectivity index (χ3v) is 3.81. The van der Waals surface area contributed by atoms with Crippen LogP contribution in [-0.2, 0) is 11.3 Å². The number of benzene rings is 3. The molecule has 2 N–H and O–H groups in total. The Balaban J connectivity index is 1.54. The van der Waals surface area contributed by atoms with E-state index in [2.05, 4.69) is 5.32 Å². The number of alkyl carbamates (subject to hydrolysis) is 1. The summed E-state index contributed by atoms with van der Waals surface area (Å²) in [5, 5.41) is 14.3. The zero-order valence-corrected chi connectivity index (χ0v) is 13.7. The number of ether oxygens (including phenoxy) is 1. The Kier molecular flexibility index (Phi) is 5.32. The lowest BCUT2D eigenvalue weighted by Crippen LogP contribution is -2.24. The van der Waals surface area contributed by atoms with Gasteiger partial charge in [-0.25, -0.2) is 4.79 Å². The fourth-order valence-corrected chi connectivity index (χ4v) is 2.55. The van der Waals surface area contributed by atoms with Crippen molar-refractivity contribution in [3.63, 3.8) is 0 Å². The van der Waals surface area contributed by atoms with Gasteiger partial charge in [0.2, 0.25) is 0 Å². The number of hydrogen-bond acceptors (Lipinski definition) is 3. The quantitative estimate of drug-likeness (QED) is 0.723. The van der Waals surface area contributed by atoms with Gasteiger partial charge in [-0.2, -0.15) is 0 Å². The van der Waals surface area contributed by atoms with E-state index in [4.69, 9.17) is 4.74 Å². The summed E-state index contributed by atoms with van der Waals surface area (Å²) in [5.74, 6) is 0.260. The fraction of sp³-hybridized carbons (Fsp3) is 0.0952. The number of amides is 1. The molecular weight excluding hydrogens is 314 g/mol. The Labute approximate surface area is 146 Å². The lowest BCUT2D eigenvalue weighted by Gasteiger charge is -2.06. The molecule has 0 aromatic heterocycles. The van der Waals surface area contributed by atoms with E-state index in [0.717, 1.165) is 21.9 Å². The molecule has 0 saturated carbocycles. The number of rotatable bonds is 5. The van der Waals surface area contributed by atoms with Crippen molar-refractivity contribution in [3.8, 4) is 5.75 Å². The van der Waals surface area contributed by atoms with Crippen molar-refractivity contribution in [1.82, 2.24) is 5.32 Å². The van der Waals surface area contributed by atoms with E-state index in [9.17, 15) is 9.90 Å². The minimum atomic E-state index is -0.455. The van der Waals surface area contributed by atoms with Crippen LogP contribution in [0.2, 0.25) is 0 Å². The summed E-state index contributed by atoms with van der Waals surface area (Å²) < 4.78 is 5.15. The molecule has 4 nitrogen and oxygen atoms in total. The van der Waals surface area contributed by atoms with Gasteiger partial charge in [0, 0.05) is 11.9 Å². The number of phenolic OH excluding ortho intramolecular Hbond substituents is 1. The number of hydrogen-bond donors (Lipinski definition) is 2. The standard InChI is InChI=1S/C21H19NO3/c23-20-13-12-17(18-10-4-5-11-19(18)20)9-6-14-22-21(24)25-15-16-7-2-1-3-8-16/h1-13,23H,14-15H2,(H,22,24). The Morgan fingerprint density at radius 1 is 0.960 bits per heavy atom. The summed E-state index contributed by atoms with van der Waals surface area (Å²) in [7, 11) is 0. The molecule has 1 amide bonds. The molecule has 126 valence electrons. The van der Waals surface area contributed by atoms with Gasteiger partial charge in [-0.05, 0) is 22.6 Å². The molecule has 0 bridgehead atoms. The van der Waals surface area contributed by atoms with E-state index in [1.807, 2.05) is 72.8 Å². The minimum absolute atomic E-state index is 0.249. The van der Waals surface area contributed by atoms with E-state index in [1.165, 1.54) is 0 Å². The van der Waals surface area contributed by atoms with Gasteiger partial charge in [0.25, 0.3) is 0 Å². The van der Waals surface area contributed by atoms with Gasteiger partial charge >= 0.3 is 6.09 Å². The number of aromatic hydroxyl groups is 1. The van der Waals surface area contributed by atoms with E-state index < -0.39 is 6.09 Å². The topological polar surface area (TPSA) is 58.6 Å². The van der Waals surface area contributed by atoms with Crippen molar-refractivity contribution in [3.05, 3.63) is 83.9 Å². The minimum Gasteiger partial charge on any atom is -0.507 e. The monoisotopic (exact) mass is 333 g/mol. The Morgan fingerprint density at radius 3 is 2.48 bits per heavy atom. The molecule has 0 atom stereocenters. The van der Waals surface area contributed by atoms with Crippen LogP contribution in [-0.4, -0.2) is 17.7 Å². The number of carbonyl (C=O) groups excluding carboxylic acids is 1. The molecule has 4 heteroatoms. The first-order chi connectivity index (χ1) is 12.2. The van der Waals surface area contributed by atoms with Gasteiger partial charge in [0.05, 0.1) is 0 Å². The first-order valence-electron chi connectivity index (χ1n) is 8.06. The third kappa shape index (κ3) is 4.38. The molecule has 0 fully saturated rings. The maximum Gasteiger partial charge on any atom is 0.407 e. The first-order valence-corrected chi connectivity index (χ1v) is 8.06. The van der Waals surface area contributed by atoms with Gasteiger partial charge in [0.15, 0.2) is 0 Å². The van der Waals surface area contributed by atoms with Gasteiger partial charge in [0.1, 0.15) is 12.4 Å². The predicted octanol–water partition coefficient (Wildman–Crippen LogP) is 4.49. The summed E-state index contributed by atoms with van der Waals surface area (Å²) in [4.78, 5) is 11.7. The van der Waals surface area contributed by atoms with Gasteiger partial charge < -0.3 is 15.2 Å². The number of fused-ring (bicyclic) bond motifs is 1. The normalized spacial score (nSPS) is 10.9. The van der Waals surface area contributed by atoms with Crippen molar-refractivity contribution < 1.29 is 14.6 Å². The van der Waals surface area contributed by atoms with Crippen LogP contribution in [0, 0.1) is 0 Å². The second-order valence-electron chi connectivity index (χ2n) is 5.56. The summed E-state index contributed by atoms with van der Waals surface area (Å²) in [5.41, 5.74) is 1.93. The number of phenols is 1. The number of carbonyl (C=O) groups is 1. The smallest absolute Gasteiger partial charge is 0.407 e. The molecule has 0 aliphatic rings. The highest BCUT2D eigenvalue weighted by Gasteiger charge is 2.03. The highest BCUT2D eigenvalue weighted by Crippen LogP contribution is 2.27. The van der Waals surface area contributed by atoms with Crippen LogP contribution >= 0.6 is 0 Å². The lowest BCUT2D eigenvalue weighted by molar-refractivity contribution is 0.141. The van der Waals surface area contributed by atoms with Crippen molar-refractivity contribution >= 4 is 22.9 Å². The predicted molar refractivity (Wildman–Crippen MR) is 99.3 cm³/mol. The van der Waals surface area contributed by atoms with Crippen LogP contribution in [0.3, 0.4) is 0 Å². The number of nitrogens with one attached hydrogen (secondary N) is 1. The summed E-state index contributed by atoms with van der Waals surface area (Å²) >= 11 is 0. The van der Waals surface area contributed by atoms with E-state index in [1.54, 1.807) is 6.07 Å². The molecular formula is C21H19NO3. The molecule has 0 aliphatic carbocycles. The van der Waals surface area contributed by atoms with Gasteiger partial charge in [-0.1, -0.05) is 72.8 Å². The van der Waals surface area contributed by atoms with E-state index in [-0.39, 0.29) is 12.4 Å².